The molecule has 4 rings (SSSR count). The number of urea groups is 1. The third-order valence-corrected chi connectivity index (χ3v) is 5.46. The van der Waals surface area contributed by atoms with E-state index in [-0.39, 0.29) is 24.8 Å². The molecule has 0 fully saturated rings. The van der Waals surface area contributed by atoms with Gasteiger partial charge >= 0.3 is 12.1 Å². The zero-order chi connectivity index (χ0) is 23.6. The first kappa shape index (κ1) is 22.8. The van der Waals surface area contributed by atoms with E-state index < -0.39 is 11.6 Å². The third kappa shape index (κ3) is 5.51. The first-order valence-electron chi connectivity index (χ1n) is 11.0. The molecule has 0 radical (unpaired) electrons. The highest BCUT2D eigenvalue weighted by Crippen LogP contribution is 2.27. The van der Waals surface area contributed by atoms with Gasteiger partial charge in [-0.15, -0.1) is 0 Å². The highest BCUT2D eigenvalue weighted by atomic mass is 16.6. The molecule has 1 aromatic carbocycles. The third-order valence-electron chi connectivity index (χ3n) is 5.46. The van der Waals surface area contributed by atoms with Crippen LogP contribution >= 0.6 is 0 Å². The number of amides is 3. The summed E-state index contributed by atoms with van der Waals surface area (Å²) < 4.78 is 10.8. The molecule has 3 amide bonds. The Labute approximate surface area is 191 Å². The number of hydrogen-bond acceptors (Lipinski definition) is 6. The van der Waals surface area contributed by atoms with E-state index in [2.05, 4.69) is 20.6 Å². The van der Waals surface area contributed by atoms with E-state index in [1.165, 1.54) is 0 Å². The lowest BCUT2D eigenvalue weighted by atomic mass is 9.98. The summed E-state index contributed by atoms with van der Waals surface area (Å²) in [5.74, 6) is 0.402. The molecule has 176 valence electrons. The number of benzene rings is 1. The topological polar surface area (TPSA) is 126 Å². The van der Waals surface area contributed by atoms with Crippen LogP contribution in [0.5, 0.6) is 0 Å². The van der Waals surface area contributed by atoms with Crippen molar-refractivity contribution in [2.45, 2.75) is 58.9 Å². The Morgan fingerprint density at radius 2 is 2.06 bits per heavy atom. The van der Waals surface area contributed by atoms with Gasteiger partial charge in [-0.25, -0.2) is 14.6 Å². The van der Waals surface area contributed by atoms with Crippen molar-refractivity contribution >= 4 is 17.8 Å². The summed E-state index contributed by atoms with van der Waals surface area (Å²) in [7, 11) is 0. The predicted octanol–water partition coefficient (Wildman–Crippen LogP) is 2.46. The molecule has 0 saturated carbocycles. The van der Waals surface area contributed by atoms with Gasteiger partial charge < -0.3 is 30.0 Å². The van der Waals surface area contributed by atoms with Gasteiger partial charge in [-0.1, -0.05) is 12.1 Å². The Morgan fingerprint density at radius 3 is 2.85 bits per heavy atom. The summed E-state index contributed by atoms with van der Waals surface area (Å²) in [6.45, 7) is 7.33. The maximum atomic E-state index is 12.5. The van der Waals surface area contributed by atoms with Crippen LogP contribution in [0.3, 0.4) is 0 Å². The van der Waals surface area contributed by atoms with E-state index in [0.29, 0.717) is 55.3 Å². The summed E-state index contributed by atoms with van der Waals surface area (Å²) in [6, 6.07) is 5.22. The van der Waals surface area contributed by atoms with Crippen LogP contribution in [0.2, 0.25) is 0 Å². The zero-order valence-corrected chi connectivity index (χ0v) is 19.1. The number of aromatic nitrogens is 2. The molecule has 2 aliphatic heterocycles. The molecular formula is C23H29N5O5. The van der Waals surface area contributed by atoms with Gasteiger partial charge in [-0.2, -0.15) is 0 Å². The number of hydrogen-bond donors (Lipinski definition) is 3. The summed E-state index contributed by atoms with van der Waals surface area (Å²) in [6.07, 6.45) is 0.837. The molecule has 10 heteroatoms. The van der Waals surface area contributed by atoms with E-state index in [0.717, 1.165) is 11.1 Å². The second kappa shape index (κ2) is 9.22. The highest BCUT2D eigenvalue weighted by molar-refractivity contribution is 5.90. The fourth-order valence-corrected chi connectivity index (χ4v) is 3.92. The Kier molecular flexibility index (Phi) is 6.37. The van der Waals surface area contributed by atoms with Crippen LogP contribution in [0, 0.1) is 0 Å². The number of H-pyrrole nitrogens is 1. The van der Waals surface area contributed by atoms with Crippen molar-refractivity contribution in [1.29, 1.82) is 0 Å². The average Bonchev–Trinajstić information content (AvgIpc) is 2.76. The lowest BCUT2D eigenvalue weighted by Gasteiger charge is -2.32. The molecule has 2 aliphatic rings. The van der Waals surface area contributed by atoms with Crippen LogP contribution in [-0.2, 0) is 42.0 Å². The van der Waals surface area contributed by atoms with Crippen LogP contribution in [0.25, 0.3) is 0 Å². The smallest absolute Gasteiger partial charge is 0.410 e. The van der Waals surface area contributed by atoms with Gasteiger partial charge in [0.2, 0.25) is 0 Å². The number of aromatic amines is 1. The first-order valence-corrected chi connectivity index (χ1v) is 11.0. The number of carbonyl (C=O) groups is 2. The van der Waals surface area contributed by atoms with Crippen LogP contribution in [0.4, 0.5) is 15.3 Å². The summed E-state index contributed by atoms with van der Waals surface area (Å²) in [4.78, 5) is 45.9. The maximum absolute atomic E-state index is 12.5. The van der Waals surface area contributed by atoms with Crippen molar-refractivity contribution in [2.75, 3.05) is 18.5 Å². The van der Waals surface area contributed by atoms with E-state index in [1.54, 1.807) is 4.90 Å². The number of ether oxygens (including phenoxy) is 2. The highest BCUT2D eigenvalue weighted by Gasteiger charge is 2.27. The standard InChI is InChI=1S/C23H29N5O5/c1-23(2,3)33-22(31)28-9-7-15-14(12-28)5-4-6-17(15)26-21(30)24-11-19-25-18-8-10-32-13-16(18)20(29)27-19/h4-6H,7-13H2,1-3H3,(H2,24,26,30)(H,25,27,29). The van der Waals surface area contributed by atoms with Gasteiger partial charge in [0.1, 0.15) is 11.4 Å². The average molecular weight is 456 g/mol. The largest absolute Gasteiger partial charge is 0.444 e. The maximum Gasteiger partial charge on any atom is 0.410 e. The molecule has 0 bridgehead atoms. The first-order chi connectivity index (χ1) is 15.7. The minimum absolute atomic E-state index is 0.0939. The van der Waals surface area contributed by atoms with Crippen LogP contribution in [0.1, 0.15) is 49.0 Å². The van der Waals surface area contributed by atoms with E-state index in [9.17, 15) is 14.4 Å². The molecule has 1 aromatic heterocycles. The van der Waals surface area contributed by atoms with Crippen LogP contribution in [-0.4, -0.2) is 45.7 Å². The molecule has 2 aromatic rings. The summed E-state index contributed by atoms with van der Waals surface area (Å²) >= 11 is 0. The molecule has 10 nitrogen and oxygen atoms in total. The molecule has 0 aliphatic carbocycles. The number of rotatable bonds is 3. The Bertz CT molecular complexity index is 1120. The number of nitrogens with zero attached hydrogens (tertiary/aromatic N) is 2. The van der Waals surface area contributed by atoms with E-state index >= 15 is 0 Å². The van der Waals surface area contributed by atoms with Gasteiger partial charge in [-0.3, -0.25) is 4.79 Å². The molecule has 0 atom stereocenters. The molecule has 3 heterocycles. The summed E-state index contributed by atoms with van der Waals surface area (Å²) in [5.41, 5.74) is 3.13. The number of anilines is 1. The number of nitrogens with one attached hydrogen (secondary N) is 3. The van der Waals surface area contributed by atoms with Crippen molar-refractivity contribution in [3.05, 3.63) is 56.8 Å². The SMILES string of the molecule is CC(C)(C)OC(=O)N1CCc2c(cccc2NC(=O)NCc2nc3c(c(=O)[nH]2)COCC3)C1. The quantitative estimate of drug-likeness (QED) is 0.653. The van der Waals surface area contributed by atoms with Crippen molar-refractivity contribution in [3.63, 3.8) is 0 Å². The Balaban J connectivity index is 1.38. The van der Waals surface area contributed by atoms with Gasteiger partial charge in [0.15, 0.2) is 0 Å². The predicted molar refractivity (Wildman–Crippen MR) is 121 cm³/mol. The monoisotopic (exact) mass is 455 g/mol. The lowest BCUT2D eigenvalue weighted by molar-refractivity contribution is 0.0224. The zero-order valence-electron chi connectivity index (χ0n) is 19.1. The van der Waals surface area contributed by atoms with Gasteiger partial charge in [0, 0.05) is 25.2 Å². The Morgan fingerprint density at radius 1 is 1.24 bits per heavy atom. The molecule has 0 saturated heterocycles. The molecule has 3 N–H and O–H groups in total. The van der Waals surface area contributed by atoms with Crippen molar-refractivity contribution in [1.82, 2.24) is 20.2 Å². The van der Waals surface area contributed by atoms with Crippen LogP contribution in [0.15, 0.2) is 23.0 Å². The minimum Gasteiger partial charge on any atom is -0.444 e. The number of carbonyl (C=O) groups excluding carboxylic acids is 2. The second-order valence-electron chi connectivity index (χ2n) is 9.14. The number of fused-ring (bicyclic) bond motifs is 2. The second-order valence-corrected chi connectivity index (χ2v) is 9.14. The summed E-state index contributed by atoms with van der Waals surface area (Å²) in [5, 5.41) is 5.62. The van der Waals surface area contributed by atoms with Gasteiger partial charge in [0.25, 0.3) is 5.56 Å². The van der Waals surface area contributed by atoms with Crippen molar-refractivity contribution in [2.24, 2.45) is 0 Å². The Hall–Kier alpha value is -3.40. The van der Waals surface area contributed by atoms with Gasteiger partial charge in [0.05, 0.1) is 31.0 Å². The lowest BCUT2D eigenvalue weighted by Crippen LogP contribution is -2.40. The fraction of sp³-hybridized carbons (Fsp3) is 0.478. The molecular weight excluding hydrogens is 426 g/mol. The normalized spacial score (nSPS) is 15.3. The molecule has 33 heavy (non-hydrogen) atoms. The van der Waals surface area contributed by atoms with Crippen LogP contribution < -0.4 is 16.2 Å². The van der Waals surface area contributed by atoms with E-state index in [4.69, 9.17) is 9.47 Å². The van der Waals surface area contributed by atoms with E-state index in [1.807, 2.05) is 39.0 Å². The van der Waals surface area contributed by atoms with Crippen molar-refractivity contribution < 1.29 is 19.1 Å². The van der Waals surface area contributed by atoms with Crippen molar-refractivity contribution in [3.8, 4) is 0 Å². The molecule has 0 unspecified atom stereocenters. The van der Waals surface area contributed by atoms with Gasteiger partial charge in [-0.05, 0) is 44.4 Å². The fourth-order valence-electron chi connectivity index (χ4n) is 3.92. The minimum atomic E-state index is -0.552. The molecule has 0 spiro atoms.